The van der Waals surface area contributed by atoms with Crippen molar-refractivity contribution in [2.24, 2.45) is 10.7 Å². The van der Waals surface area contributed by atoms with Crippen LogP contribution in [0.4, 0.5) is 0 Å². The second kappa shape index (κ2) is 4.03. The van der Waals surface area contributed by atoms with Crippen LogP contribution in [0.25, 0.3) is 11.1 Å². The Morgan fingerprint density at radius 2 is 2.00 bits per heavy atom. The minimum atomic E-state index is -0.280. The zero-order chi connectivity index (χ0) is 13.6. The number of aromatic nitrogens is 2. The second-order valence-corrected chi connectivity index (χ2v) is 5.36. The number of nitrogens with two attached hydrogens (primary N) is 1. The molecule has 0 unspecified atom stereocenters. The van der Waals surface area contributed by atoms with Crippen LogP contribution < -0.4 is 5.73 Å². The number of benzene rings is 1. The molecule has 2 heterocycles. The largest absolute Gasteiger partial charge is 0.456 e. The summed E-state index contributed by atoms with van der Waals surface area (Å²) in [7, 11) is 0. The molecule has 100 valence electrons. The number of amidine groups is 1. The SMILES string of the molecule is NC1=NC[C@@]2(Cc3cccc(-c4cncnc4)c3C2)O1. The van der Waals surface area contributed by atoms with Gasteiger partial charge in [-0.25, -0.2) is 15.0 Å². The van der Waals surface area contributed by atoms with E-state index < -0.39 is 0 Å². The molecule has 1 atom stereocenters. The molecule has 1 aliphatic carbocycles. The number of ether oxygens (including phenoxy) is 1. The van der Waals surface area contributed by atoms with E-state index in [1.54, 1.807) is 6.33 Å². The fourth-order valence-corrected chi connectivity index (χ4v) is 3.14. The number of hydrogen-bond donors (Lipinski definition) is 1. The molecule has 0 radical (unpaired) electrons. The first-order chi connectivity index (χ1) is 9.76. The van der Waals surface area contributed by atoms with Gasteiger partial charge in [0.05, 0.1) is 6.54 Å². The molecule has 1 aromatic carbocycles. The lowest BCUT2D eigenvalue weighted by atomic mass is 9.97. The van der Waals surface area contributed by atoms with Crippen LogP contribution in [-0.2, 0) is 17.6 Å². The van der Waals surface area contributed by atoms with E-state index in [9.17, 15) is 0 Å². The van der Waals surface area contributed by atoms with Crippen molar-refractivity contribution in [2.75, 3.05) is 6.54 Å². The maximum atomic E-state index is 5.78. The lowest BCUT2D eigenvalue weighted by Gasteiger charge is -2.21. The Morgan fingerprint density at radius 3 is 2.75 bits per heavy atom. The molecule has 5 nitrogen and oxygen atoms in total. The van der Waals surface area contributed by atoms with Crippen LogP contribution in [0.2, 0.25) is 0 Å². The minimum absolute atomic E-state index is 0.280. The van der Waals surface area contributed by atoms with Crippen LogP contribution in [0.15, 0.2) is 41.9 Å². The molecule has 0 saturated carbocycles. The van der Waals surface area contributed by atoms with Crippen LogP contribution >= 0.6 is 0 Å². The monoisotopic (exact) mass is 266 g/mol. The Labute approximate surface area is 116 Å². The van der Waals surface area contributed by atoms with Crippen LogP contribution in [0.3, 0.4) is 0 Å². The van der Waals surface area contributed by atoms with Crippen molar-refractivity contribution < 1.29 is 4.74 Å². The van der Waals surface area contributed by atoms with E-state index in [0.29, 0.717) is 12.6 Å². The molecule has 1 spiro atoms. The topological polar surface area (TPSA) is 73.4 Å². The molecule has 0 amide bonds. The molecular weight excluding hydrogens is 252 g/mol. The Kier molecular flexibility index (Phi) is 2.30. The van der Waals surface area contributed by atoms with Gasteiger partial charge < -0.3 is 10.5 Å². The highest BCUT2D eigenvalue weighted by atomic mass is 16.5. The van der Waals surface area contributed by atoms with Gasteiger partial charge in [0.1, 0.15) is 11.9 Å². The summed E-state index contributed by atoms with van der Waals surface area (Å²) in [5.41, 5.74) is 10.2. The summed E-state index contributed by atoms with van der Waals surface area (Å²) < 4.78 is 5.78. The molecule has 20 heavy (non-hydrogen) atoms. The lowest BCUT2D eigenvalue weighted by Crippen LogP contribution is -2.35. The Hall–Kier alpha value is -2.43. The molecule has 0 saturated heterocycles. The first-order valence-corrected chi connectivity index (χ1v) is 6.61. The normalized spacial score (nSPS) is 23.5. The van der Waals surface area contributed by atoms with Gasteiger partial charge in [-0.05, 0) is 16.7 Å². The lowest BCUT2D eigenvalue weighted by molar-refractivity contribution is 0.0977. The second-order valence-electron chi connectivity index (χ2n) is 5.36. The average molecular weight is 266 g/mol. The number of aliphatic imine (C=N–C) groups is 1. The molecule has 5 heteroatoms. The van der Waals surface area contributed by atoms with Crippen molar-refractivity contribution in [3.05, 3.63) is 48.0 Å². The van der Waals surface area contributed by atoms with Gasteiger partial charge in [0, 0.05) is 30.8 Å². The van der Waals surface area contributed by atoms with Crippen LogP contribution in [0.5, 0.6) is 0 Å². The number of rotatable bonds is 1. The highest BCUT2D eigenvalue weighted by Crippen LogP contribution is 2.40. The first kappa shape index (κ1) is 11.4. The summed E-state index contributed by atoms with van der Waals surface area (Å²) in [6, 6.07) is 6.63. The summed E-state index contributed by atoms with van der Waals surface area (Å²) >= 11 is 0. The van der Waals surface area contributed by atoms with Crippen molar-refractivity contribution in [2.45, 2.75) is 18.4 Å². The summed E-state index contributed by atoms with van der Waals surface area (Å²) in [6.07, 6.45) is 6.91. The van der Waals surface area contributed by atoms with Gasteiger partial charge in [0.2, 0.25) is 0 Å². The predicted octanol–water partition coefficient (Wildman–Crippen LogP) is 1.33. The minimum Gasteiger partial charge on any atom is -0.456 e. The fourth-order valence-electron chi connectivity index (χ4n) is 3.14. The molecule has 1 aliphatic heterocycles. The third-order valence-corrected chi connectivity index (χ3v) is 4.00. The van der Waals surface area contributed by atoms with E-state index >= 15 is 0 Å². The van der Waals surface area contributed by atoms with E-state index in [4.69, 9.17) is 10.5 Å². The van der Waals surface area contributed by atoms with Crippen molar-refractivity contribution in [1.29, 1.82) is 0 Å². The zero-order valence-electron chi connectivity index (χ0n) is 10.9. The molecule has 2 aromatic rings. The maximum Gasteiger partial charge on any atom is 0.282 e. The Morgan fingerprint density at radius 1 is 1.15 bits per heavy atom. The number of fused-ring (bicyclic) bond motifs is 1. The van der Waals surface area contributed by atoms with Gasteiger partial charge in [-0.1, -0.05) is 18.2 Å². The highest BCUT2D eigenvalue weighted by Gasteiger charge is 2.43. The van der Waals surface area contributed by atoms with Gasteiger partial charge in [-0.3, -0.25) is 0 Å². The number of nitrogens with zero attached hydrogens (tertiary/aromatic N) is 3. The average Bonchev–Trinajstić information content (AvgIpc) is 3.01. The van der Waals surface area contributed by atoms with E-state index in [1.165, 1.54) is 16.7 Å². The van der Waals surface area contributed by atoms with Crippen molar-refractivity contribution in [3.8, 4) is 11.1 Å². The summed E-state index contributed by atoms with van der Waals surface area (Å²) in [4.78, 5) is 12.4. The summed E-state index contributed by atoms with van der Waals surface area (Å²) in [5, 5.41) is 0. The van der Waals surface area contributed by atoms with Crippen LogP contribution in [0.1, 0.15) is 11.1 Å². The van der Waals surface area contributed by atoms with Gasteiger partial charge in [0.15, 0.2) is 0 Å². The zero-order valence-corrected chi connectivity index (χ0v) is 10.9. The summed E-state index contributed by atoms with van der Waals surface area (Å²) in [6.45, 7) is 0.637. The van der Waals surface area contributed by atoms with E-state index in [2.05, 4.69) is 33.2 Å². The number of hydrogen-bond acceptors (Lipinski definition) is 5. The molecule has 2 aliphatic rings. The van der Waals surface area contributed by atoms with Crippen LogP contribution in [0, 0.1) is 0 Å². The molecule has 4 rings (SSSR count). The van der Waals surface area contributed by atoms with E-state index in [0.717, 1.165) is 18.4 Å². The van der Waals surface area contributed by atoms with E-state index in [-0.39, 0.29) is 5.60 Å². The van der Waals surface area contributed by atoms with Crippen LogP contribution in [-0.4, -0.2) is 28.1 Å². The van der Waals surface area contributed by atoms with Crippen molar-refractivity contribution in [3.63, 3.8) is 0 Å². The smallest absolute Gasteiger partial charge is 0.282 e. The highest BCUT2D eigenvalue weighted by molar-refractivity contribution is 5.75. The molecule has 0 fully saturated rings. The maximum absolute atomic E-state index is 5.78. The first-order valence-electron chi connectivity index (χ1n) is 6.61. The summed E-state index contributed by atoms with van der Waals surface area (Å²) in [5.74, 6) is 0. The predicted molar refractivity (Wildman–Crippen MR) is 75.2 cm³/mol. The Bertz CT molecular complexity index is 698. The quantitative estimate of drug-likeness (QED) is 0.845. The molecule has 0 bridgehead atoms. The molecule has 1 aromatic heterocycles. The fraction of sp³-hybridized carbons (Fsp3) is 0.267. The van der Waals surface area contributed by atoms with Gasteiger partial charge in [-0.15, -0.1) is 0 Å². The van der Waals surface area contributed by atoms with Gasteiger partial charge >= 0.3 is 0 Å². The Balaban J connectivity index is 1.76. The third kappa shape index (κ3) is 1.66. The third-order valence-electron chi connectivity index (χ3n) is 4.00. The molecule has 2 N–H and O–H groups in total. The van der Waals surface area contributed by atoms with Crippen molar-refractivity contribution in [1.82, 2.24) is 9.97 Å². The van der Waals surface area contributed by atoms with Gasteiger partial charge in [-0.2, -0.15) is 0 Å². The standard InChI is InChI=1S/C15H14N4O/c16-14-19-8-15(20-14)4-10-2-1-3-12(13(10)5-15)11-6-17-9-18-7-11/h1-3,6-7,9H,4-5,8H2,(H2,16,19)/t15-/m0/s1. The van der Waals surface area contributed by atoms with Crippen molar-refractivity contribution >= 4 is 6.02 Å². The van der Waals surface area contributed by atoms with E-state index in [1.807, 2.05) is 12.4 Å². The van der Waals surface area contributed by atoms with Gasteiger partial charge in [0.25, 0.3) is 6.02 Å². The molecular formula is C15H14N4O.